The van der Waals surface area contributed by atoms with Crippen molar-refractivity contribution in [1.29, 1.82) is 0 Å². The van der Waals surface area contributed by atoms with E-state index in [1.165, 1.54) is 19.2 Å². The zero-order valence-corrected chi connectivity index (χ0v) is 32.5. The largest absolute Gasteiger partial charge is 0.508 e. The molecule has 1 aliphatic heterocycles. The number of ether oxygens (including phenoxy) is 2. The number of aromatic hydroxyl groups is 1. The lowest BCUT2D eigenvalue weighted by atomic mass is 9.98. The Balaban J connectivity index is 1.43. The van der Waals surface area contributed by atoms with Gasteiger partial charge in [0.25, 0.3) is 5.91 Å². The van der Waals surface area contributed by atoms with Crippen molar-refractivity contribution in [3.63, 3.8) is 0 Å². The van der Waals surface area contributed by atoms with E-state index in [0.717, 1.165) is 11.1 Å². The van der Waals surface area contributed by atoms with Crippen molar-refractivity contribution in [3.8, 4) is 5.75 Å². The van der Waals surface area contributed by atoms with Gasteiger partial charge in [-0.05, 0) is 53.8 Å². The van der Waals surface area contributed by atoms with Crippen molar-refractivity contribution < 1.29 is 38.6 Å². The van der Waals surface area contributed by atoms with Gasteiger partial charge in [-0.2, -0.15) is 11.8 Å². The Labute approximate surface area is 332 Å². The Morgan fingerprint density at radius 2 is 1.46 bits per heavy atom. The van der Waals surface area contributed by atoms with E-state index in [0.29, 0.717) is 17.7 Å². The smallest absolute Gasteiger partial charge is 0.251 e. The van der Waals surface area contributed by atoms with E-state index in [1.807, 2.05) is 36.6 Å². The third-order valence-corrected chi connectivity index (χ3v) is 9.61. The van der Waals surface area contributed by atoms with E-state index in [9.17, 15) is 29.1 Å². The molecule has 6 N–H and O–H groups in total. The average molecular weight is 786 g/mol. The summed E-state index contributed by atoms with van der Waals surface area (Å²) in [7, 11) is 1.51. The Bertz CT molecular complexity index is 1780. The molecule has 6 atom stereocenters. The van der Waals surface area contributed by atoms with Gasteiger partial charge in [0.2, 0.25) is 23.6 Å². The molecule has 0 saturated heterocycles. The number of rotatable bonds is 21. The molecule has 5 amide bonds. The van der Waals surface area contributed by atoms with Gasteiger partial charge in [0.1, 0.15) is 23.9 Å². The van der Waals surface area contributed by atoms with Crippen LogP contribution in [0, 0.1) is 5.92 Å². The highest BCUT2D eigenvalue weighted by Gasteiger charge is 2.33. The summed E-state index contributed by atoms with van der Waals surface area (Å²) in [4.78, 5) is 66.3. The zero-order valence-electron chi connectivity index (χ0n) is 31.6. The summed E-state index contributed by atoms with van der Waals surface area (Å²) in [6, 6.07) is 21.6. The average Bonchev–Trinajstić information content (AvgIpc) is 3.21. The third kappa shape index (κ3) is 14.0. The van der Waals surface area contributed by atoms with Gasteiger partial charge in [-0.15, -0.1) is 6.58 Å². The number of nitrogens with one attached hydrogen (secondary N) is 5. The number of phenolic OH excluding ortho intramolecular Hbond substituents is 1. The predicted molar refractivity (Wildman–Crippen MR) is 216 cm³/mol. The summed E-state index contributed by atoms with van der Waals surface area (Å²) < 4.78 is 12.1. The first kappa shape index (κ1) is 43.3. The molecule has 14 heteroatoms. The number of amides is 5. The van der Waals surface area contributed by atoms with E-state index in [1.54, 1.807) is 72.5 Å². The van der Waals surface area contributed by atoms with E-state index < -0.39 is 60.1 Å². The number of hydrogen-bond acceptors (Lipinski definition) is 9. The number of likely N-dealkylation sites (N-methyl/N-ethyl adjacent to an activating group) is 1. The molecule has 4 rings (SSSR count). The normalized spacial score (nSPS) is 17.7. The van der Waals surface area contributed by atoms with Gasteiger partial charge in [-0.25, -0.2) is 0 Å². The Hall–Kier alpha value is -5.44. The van der Waals surface area contributed by atoms with Gasteiger partial charge in [0.05, 0.1) is 12.7 Å². The summed E-state index contributed by atoms with van der Waals surface area (Å²) in [6.07, 6.45) is 6.19. The van der Waals surface area contributed by atoms with Crippen LogP contribution in [0.1, 0.15) is 34.3 Å². The minimum Gasteiger partial charge on any atom is -0.508 e. The molecule has 0 radical (unpaired) electrons. The molecule has 3 aromatic carbocycles. The predicted octanol–water partition coefficient (Wildman–Crippen LogP) is 3.05. The molecule has 298 valence electrons. The third-order valence-electron chi connectivity index (χ3n) is 8.97. The second-order valence-corrected chi connectivity index (χ2v) is 14.2. The van der Waals surface area contributed by atoms with Crippen molar-refractivity contribution in [3.05, 3.63) is 126 Å². The van der Waals surface area contributed by atoms with E-state index in [2.05, 4.69) is 33.2 Å². The summed E-state index contributed by atoms with van der Waals surface area (Å²) in [5.41, 5.74) is 1.96. The Morgan fingerprint density at radius 3 is 2.11 bits per heavy atom. The zero-order chi connectivity index (χ0) is 40.3. The lowest BCUT2D eigenvalue weighted by Crippen LogP contribution is -2.54. The van der Waals surface area contributed by atoms with Crippen LogP contribution in [0.4, 0.5) is 0 Å². The fourth-order valence-corrected chi connectivity index (χ4v) is 6.46. The second-order valence-electron chi connectivity index (χ2n) is 13.2. The molecule has 0 saturated carbocycles. The molecular weight excluding hydrogens is 735 g/mol. The van der Waals surface area contributed by atoms with Gasteiger partial charge in [0, 0.05) is 44.3 Å². The van der Waals surface area contributed by atoms with Gasteiger partial charge in [-0.1, -0.05) is 78.9 Å². The van der Waals surface area contributed by atoms with Crippen LogP contribution in [0.5, 0.6) is 5.75 Å². The van der Waals surface area contributed by atoms with Crippen LogP contribution in [-0.2, 0) is 41.5 Å². The minimum absolute atomic E-state index is 0.0395. The molecule has 0 aromatic heterocycles. The molecule has 0 aliphatic carbocycles. The molecular formula is C42H51N5O8S. The van der Waals surface area contributed by atoms with Crippen LogP contribution >= 0.6 is 11.8 Å². The monoisotopic (exact) mass is 785 g/mol. The quantitative estimate of drug-likeness (QED) is 0.0885. The number of phenols is 1. The highest BCUT2D eigenvalue weighted by molar-refractivity contribution is 7.98. The molecule has 13 nitrogen and oxygen atoms in total. The van der Waals surface area contributed by atoms with Gasteiger partial charge < -0.3 is 41.2 Å². The van der Waals surface area contributed by atoms with Crippen molar-refractivity contribution >= 4 is 41.3 Å². The van der Waals surface area contributed by atoms with Crippen molar-refractivity contribution in [2.75, 3.05) is 32.2 Å². The molecule has 0 fully saturated rings. The highest BCUT2D eigenvalue weighted by atomic mass is 32.2. The maximum absolute atomic E-state index is 13.6. The summed E-state index contributed by atoms with van der Waals surface area (Å²) in [5.74, 6) is -1.89. The number of carbonyl (C=O) groups excluding carboxylic acids is 5. The van der Waals surface area contributed by atoms with Gasteiger partial charge >= 0.3 is 0 Å². The molecule has 1 aliphatic rings. The SMILES string of the molecule is C=CCO[C@H]1O[C@H](CNC(=O)[C@@H](Cc2ccc(O)cc2)NC(=O)c2ccccc2)C=C[C@@H]1CC(=O)N[C@@H](Cc1ccccc1)C(=O)N[C@@H](CCSC)C(=O)NC. The van der Waals surface area contributed by atoms with Gasteiger partial charge in [-0.3, -0.25) is 24.0 Å². The molecule has 56 heavy (non-hydrogen) atoms. The molecule has 1 heterocycles. The van der Waals surface area contributed by atoms with Crippen LogP contribution in [-0.4, -0.2) is 97.4 Å². The van der Waals surface area contributed by atoms with E-state index >= 15 is 0 Å². The van der Waals surface area contributed by atoms with Crippen molar-refractivity contribution in [2.45, 2.75) is 56.2 Å². The summed E-state index contributed by atoms with van der Waals surface area (Å²) >= 11 is 1.56. The maximum atomic E-state index is 13.6. The summed E-state index contributed by atoms with van der Waals surface area (Å²) in [5, 5.41) is 23.7. The lowest BCUT2D eigenvalue weighted by molar-refractivity contribution is -0.182. The fourth-order valence-electron chi connectivity index (χ4n) is 5.99. The van der Waals surface area contributed by atoms with Crippen LogP contribution in [0.2, 0.25) is 0 Å². The second kappa shape index (κ2) is 22.8. The van der Waals surface area contributed by atoms with Crippen molar-refractivity contribution in [1.82, 2.24) is 26.6 Å². The molecule has 3 aromatic rings. The fraction of sp³-hybridized carbons (Fsp3) is 0.357. The molecule has 0 bridgehead atoms. The van der Waals surface area contributed by atoms with Crippen LogP contribution < -0.4 is 26.6 Å². The Kier molecular flexibility index (Phi) is 17.6. The van der Waals surface area contributed by atoms with Crippen LogP contribution in [0.25, 0.3) is 0 Å². The minimum atomic E-state index is -0.966. The number of carbonyl (C=O) groups is 5. The number of hydrogen-bond donors (Lipinski definition) is 6. The summed E-state index contributed by atoms with van der Waals surface area (Å²) in [6.45, 7) is 3.89. The van der Waals surface area contributed by atoms with Crippen LogP contribution in [0.3, 0.4) is 0 Å². The number of thioether (sulfide) groups is 1. The van der Waals surface area contributed by atoms with E-state index in [-0.39, 0.29) is 44.1 Å². The maximum Gasteiger partial charge on any atom is 0.251 e. The topological polar surface area (TPSA) is 184 Å². The first-order chi connectivity index (χ1) is 27.1. The molecule has 0 unspecified atom stereocenters. The number of benzene rings is 3. The van der Waals surface area contributed by atoms with Gasteiger partial charge in [0.15, 0.2) is 6.29 Å². The van der Waals surface area contributed by atoms with Crippen molar-refractivity contribution in [2.24, 2.45) is 5.92 Å². The Morgan fingerprint density at radius 1 is 0.821 bits per heavy atom. The van der Waals surface area contributed by atoms with Crippen LogP contribution in [0.15, 0.2) is 110 Å². The van der Waals surface area contributed by atoms with E-state index in [4.69, 9.17) is 9.47 Å². The standard InChI is InChI=1S/C42H51N5O8S/c1-4-22-54-42-31(26-37(49)45-36(24-28-11-7-5-8-12-28)41(53)46-34(21-23-56-3)39(51)43-2)17-20-33(55-42)27-44-40(52)35(25-29-15-18-32(48)19-16-29)47-38(50)30-13-9-6-10-14-30/h4-20,31,33-36,42,48H,1,21-27H2,2-3H3,(H,43,51)(H,44,52)(H,45,49)(H,46,53)(H,47,50)/t31-,33+,34+,35-,36+,42+/m1/s1. The first-order valence-corrected chi connectivity index (χ1v) is 19.8. The lowest BCUT2D eigenvalue weighted by Gasteiger charge is -2.32. The first-order valence-electron chi connectivity index (χ1n) is 18.4. The molecule has 0 spiro atoms. The highest BCUT2D eigenvalue weighted by Crippen LogP contribution is 2.24.